The minimum Gasteiger partial charge on any atom is -0.406 e. The molecule has 0 saturated carbocycles. The van der Waals surface area contributed by atoms with Crippen LogP contribution in [0.4, 0.5) is 18.9 Å². The van der Waals surface area contributed by atoms with Gasteiger partial charge in [0.2, 0.25) is 0 Å². The summed E-state index contributed by atoms with van der Waals surface area (Å²) in [7, 11) is 0. The molecule has 0 amide bonds. The Morgan fingerprint density at radius 2 is 1.63 bits per heavy atom. The summed E-state index contributed by atoms with van der Waals surface area (Å²) in [6.45, 7) is 0. The molecule has 2 nitrogen and oxygen atoms in total. The maximum Gasteiger partial charge on any atom is 0.573 e. The van der Waals surface area contributed by atoms with Crippen molar-refractivity contribution < 1.29 is 17.9 Å². The van der Waals surface area contributed by atoms with Gasteiger partial charge in [0.1, 0.15) is 5.75 Å². The van der Waals surface area contributed by atoms with Gasteiger partial charge in [0, 0.05) is 16.3 Å². The Kier molecular flexibility index (Phi) is 3.57. The summed E-state index contributed by atoms with van der Waals surface area (Å²) in [4.78, 5) is 0. The largest absolute Gasteiger partial charge is 0.573 e. The Hall–Kier alpha value is -1.88. The zero-order valence-electron chi connectivity index (χ0n) is 9.54. The van der Waals surface area contributed by atoms with E-state index in [9.17, 15) is 13.2 Å². The number of benzene rings is 2. The molecule has 2 aromatic rings. The summed E-state index contributed by atoms with van der Waals surface area (Å²) >= 11 is 5.86. The Bertz CT molecular complexity index is 581. The molecule has 0 atom stereocenters. The van der Waals surface area contributed by atoms with Crippen LogP contribution in [0.25, 0.3) is 11.1 Å². The average Bonchev–Trinajstić information content (AvgIpc) is 2.31. The Morgan fingerprint density at radius 3 is 2.21 bits per heavy atom. The zero-order chi connectivity index (χ0) is 14.0. The third-order valence-corrected chi connectivity index (χ3v) is 2.65. The predicted octanol–water partition coefficient (Wildman–Crippen LogP) is 4.49. The fourth-order valence-electron chi connectivity index (χ4n) is 1.61. The first-order chi connectivity index (χ1) is 8.85. The van der Waals surface area contributed by atoms with Gasteiger partial charge in [-0.25, -0.2) is 0 Å². The Morgan fingerprint density at radius 1 is 1.00 bits per heavy atom. The molecule has 0 bridgehead atoms. The van der Waals surface area contributed by atoms with Crippen LogP contribution >= 0.6 is 11.6 Å². The maximum absolute atomic E-state index is 12.0. The van der Waals surface area contributed by atoms with Crippen LogP contribution in [-0.4, -0.2) is 6.36 Å². The maximum atomic E-state index is 12.0. The van der Waals surface area contributed by atoms with E-state index in [2.05, 4.69) is 4.74 Å². The molecule has 0 fully saturated rings. The monoisotopic (exact) mass is 287 g/mol. The van der Waals surface area contributed by atoms with Gasteiger partial charge in [-0.05, 0) is 35.9 Å². The van der Waals surface area contributed by atoms with E-state index >= 15 is 0 Å². The number of nitrogen functional groups attached to an aromatic ring is 1. The van der Waals surface area contributed by atoms with Crippen LogP contribution in [0.3, 0.4) is 0 Å². The quantitative estimate of drug-likeness (QED) is 0.826. The molecular weight excluding hydrogens is 279 g/mol. The van der Waals surface area contributed by atoms with Crippen LogP contribution in [0.5, 0.6) is 5.75 Å². The van der Waals surface area contributed by atoms with Gasteiger partial charge in [0.25, 0.3) is 0 Å². The average molecular weight is 288 g/mol. The highest BCUT2D eigenvalue weighted by Crippen LogP contribution is 2.31. The first-order valence-corrected chi connectivity index (χ1v) is 5.64. The molecule has 0 radical (unpaired) electrons. The molecule has 0 aliphatic heterocycles. The molecule has 0 saturated heterocycles. The van der Waals surface area contributed by atoms with E-state index < -0.39 is 6.36 Å². The summed E-state index contributed by atoms with van der Waals surface area (Å²) in [5.74, 6) is -0.281. The van der Waals surface area contributed by atoms with Gasteiger partial charge in [-0.3, -0.25) is 0 Å². The van der Waals surface area contributed by atoms with E-state index in [1.807, 2.05) is 0 Å². The van der Waals surface area contributed by atoms with Crippen molar-refractivity contribution in [3.8, 4) is 16.9 Å². The van der Waals surface area contributed by atoms with Crippen molar-refractivity contribution in [2.45, 2.75) is 6.36 Å². The minimum absolute atomic E-state index is 0.281. The summed E-state index contributed by atoms with van der Waals surface area (Å²) < 4.78 is 39.9. The van der Waals surface area contributed by atoms with Crippen LogP contribution in [-0.2, 0) is 0 Å². The first-order valence-electron chi connectivity index (χ1n) is 5.26. The van der Waals surface area contributed by atoms with E-state index in [0.717, 1.165) is 0 Å². The lowest BCUT2D eigenvalue weighted by atomic mass is 10.0. The standard InChI is InChI=1S/C13H9ClF3NO/c14-9-3-6-12(18)11(7-9)8-1-4-10(5-2-8)19-13(15,16)17/h1-7H,18H2. The molecule has 0 spiro atoms. The van der Waals surface area contributed by atoms with Crippen molar-refractivity contribution in [1.29, 1.82) is 0 Å². The van der Waals surface area contributed by atoms with E-state index in [0.29, 0.717) is 21.8 Å². The SMILES string of the molecule is Nc1ccc(Cl)cc1-c1ccc(OC(F)(F)F)cc1. The van der Waals surface area contributed by atoms with Gasteiger partial charge in [-0.15, -0.1) is 13.2 Å². The minimum atomic E-state index is -4.70. The number of nitrogens with two attached hydrogens (primary N) is 1. The van der Waals surface area contributed by atoms with Gasteiger partial charge in [-0.2, -0.15) is 0 Å². The molecule has 0 aromatic heterocycles. The number of ether oxygens (including phenoxy) is 1. The number of hydrogen-bond acceptors (Lipinski definition) is 2. The lowest BCUT2D eigenvalue weighted by Crippen LogP contribution is -2.16. The second kappa shape index (κ2) is 5.01. The summed E-state index contributed by atoms with van der Waals surface area (Å²) in [6, 6.07) is 10.4. The van der Waals surface area contributed by atoms with Crippen LogP contribution in [0, 0.1) is 0 Å². The predicted molar refractivity (Wildman–Crippen MR) is 68.0 cm³/mol. The van der Waals surface area contributed by atoms with E-state index in [4.69, 9.17) is 17.3 Å². The fraction of sp³-hybridized carbons (Fsp3) is 0.0769. The molecule has 2 rings (SSSR count). The van der Waals surface area contributed by atoms with Gasteiger partial charge in [0.05, 0.1) is 0 Å². The smallest absolute Gasteiger partial charge is 0.406 e. The lowest BCUT2D eigenvalue weighted by molar-refractivity contribution is -0.274. The molecule has 2 aromatic carbocycles. The van der Waals surface area contributed by atoms with E-state index in [1.54, 1.807) is 18.2 Å². The third-order valence-electron chi connectivity index (χ3n) is 2.41. The fourth-order valence-corrected chi connectivity index (χ4v) is 1.79. The van der Waals surface area contributed by atoms with E-state index in [-0.39, 0.29) is 5.75 Å². The molecule has 0 aliphatic rings. The summed E-state index contributed by atoms with van der Waals surface area (Å²) in [5, 5.41) is 0.500. The van der Waals surface area contributed by atoms with Crippen molar-refractivity contribution in [3.63, 3.8) is 0 Å². The van der Waals surface area contributed by atoms with Crippen LogP contribution in [0.15, 0.2) is 42.5 Å². The molecule has 19 heavy (non-hydrogen) atoms. The highest BCUT2D eigenvalue weighted by molar-refractivity contribution is 6.31. The Labute approximate surface area is 112 Å². The van der Waals surface area contributed by atoms with Gasteiger partial charge >= 0.3 is 6.36 Å². The molecule has 0 aliphatic carbocycles. The second-order valence-electron chi connectivity index (χ2n) is 3.80. The number of hydrogen-bond donors (Lipinski definition) is 1. The molecule has 0 heterocycles. The summed E-state index contributed by atoms with van der Waals surface area (Å²) in [6.07, 6.45) is -4.70. The third kappa shape index (κ3) is 3.54. The Balaban J connectivity index is 2.30. The first kappa shape index (κ1) is 13.5. The van der Waals surface area contributed by atoms with Gasteiger partial charge < -0.3 is 10.5 Å². The van der Waals surface area contributed by atoms with Crippen molar-refractivity contribution in [2.75, 3.05) is 5.73 Å². The molecule has 6 heteroatoms. The van der Waals surface area contributed by atoms with E-state index in [1.165, 1.54) is 24.3 Å². The topological polar surface area (TPSA) is 35.2 Å². The number of alkyl halides is 3. The number of halogens is 4. The van der Waals surface area contributed by atoms with Crippen LogP contribution < -0.4 is 10.5 Å². The van der Waals surface area contributed by atoms with Crippen LogP contribution in [0.1, 0.15) is 0 Å². The van der Waals surface area contributed by atoms with Crippen molar-refractivity contribution in [2.24, 2.45) is 0 Å². The lowest BCUT2D eigenvalue weighted by Gasteiger charge is -2.10. The van der Waals surface area contributed by atoms with Crippen molar-refractivity contribution >= 4 is 17.3 Å². The number of anilines is 1. The second-order valence-corrected chi connectivity index (χ2v) is 4.24. The highest BCUT2D eigenvalue weighted by Gasteiger charge is 2.30. The molecule has 2 N–H and O–H groups in total. The number of rotatable bonds is 2. The van der Waals surface area contributed by atoms with Gasteiger partial charge in [0.15, 0.2) is 0 Å². The normalized spacial score (nSPS) is 11.4. The molecular formula is C13H9ClF3NO. The molecule has 100 valence electrons. The van der Waals surface area contributed by atoms with Crippen LogP contribution in [0.2, 0.25) is 5.02 Å². The summed E-state index contributed by atoms with van der Waals surface area (Å²) in [5.41, 5.74) is 7.61. The zero-order valence-corrected chi connectivity index (χ0v) is 10.3. The van der Waals surface area contributed by atoms with Crippen molar-refractivity contribution in [1.82, 2.24) is 0 Å². The molecule has 0 unspecified atom stereocenters. The van der Waals surface area contributed by atoms with Gasteiger partial charge in [-0.1, -0.05) is 23.7 Å². The van der Waals surface area contributed by atoms with Crippen molar-refractivity contribution in [3.05, 3.63) is 47.5 Å². The highest BCUT2D eigenvalue weighted by atomic mass is 35.5.